The molecule has 1 aliphatic heterocycles. The number of likely N-dealkylation sites (N-methyl/N-ethyl adjacent to an activating group) is 1. The summed E-state index contributed by atoms with van der Waals surface area (Å²) in [5, 5.41) is 8.02. The van der Waals surface area contributed by atoms with E-state index in [1.165, 1.54) is 0 Å². The molecule has 2 heterocycles. The zero-order chi connectivity index (χ0) is 16.4. The van der Waals surface area contributed by atoms with Crippen LogP contribution >= 0.6 is 11.6 Å². The van der Waals surface area contributed by atoms with Crippen molar-refractivity contribution in [3.05, 3.63) is 40.5 Å². The van der Waals surface area contributed by atoms with Crippen LogP contribution in [0.3, 0.4) is 0 Å². The maximum absolute atomic E-state index is 6.17. The van der Waals surface area contributed by atoms with E-state index in [0.717, 1.165) is 25.2 Å². The molecule has 0 aliphatic carbocycles. The average Bonchev–Trinajstić information content (AvgIpc) is 3.01. The molecule has 2 atom stereocenters. The summed E-state index contributed by atoms with van der Waals surface area (Å²) in [6.07, 6.45) is -0.364. The Morgan fingerprint density at radius 1 is 1.48 bits per heavy atom. The molecule has 1 N–H and O–H groups in total. The Labute approximate surface area is 140 Å². The number of aryl methyl sites for hydroxylation is 1. The Kier molecular flexibility index (Phi) is 4.84. The third kappa shape index (κ3) is 3.65. The second-order valence-corrected chi connectivity index (χ2v) is 6.29. The lowest BCUT2D eigenvalue weighted by Gasteiger charge is -2.30. The normalized spacial score (nSPS) is 20.4. The molecule has 1 aromatic heterocycles. The standard InChI is InChI=1S/C16H21ClN4O2/c1-10-4-5-12(17)14(8-10)22-11(2)16-19-15(20-23-16)13-9-18-6-7-21(13)3/h4-5,8,11,13,18H,6-7,9H2,1-3H3. The van der Waals surface area contributed by atoms with Crippen molar-refractivity contribution in [3.8, 4) is 5.75 Å². The summed E-state index contributed by atoms with van der Waals surface area (Å²) in [4.78, 5) is 6.72. The first-order valence-corrected chi connectivity index (χ1v) is 8.09. The maximum atomic E-state index is 6.17. The van der Waals surface area contributed by atoms with Gasteiger partial charge in [0.2, 0.25) is 0 Å². The van der Waals surface area contributed by atoms with Crippen LogP contribution in [0.5, 0.6) is 5.75 Å². The van der Waals surface area contributed by atoms with Crippen LogP contribution < -0.4 is 10.1 Å². The maximum Gasteiger partial charge on any atom is 0.267 e. The predicted octanol–water partition coefficient (Wildman–Crippen LogP) is 2.75. The van der Waals surface area contributed by atoms with E-state index in [-0.39, 0.29) is 12.1 Å². The number of hydrogen-bond donors (Lipinski definition) is 1. The van der Waals surface area contributed by atoms with E-state index in [2.05, 4.69) is 27.4 Å². The first-order chi connectivity index (χ1) is 11.0. The van der Waals surface area contributed by atoms with Gasteiger partial charge in [-0.1, -0.05) is 22.8 Å². The summed E-state index contributed by atoms with van der Waals surface area (Å²) in [6.45, 7) is 6.61. The summed E-state index contributed by atoms with van der Waals surface area (Å²) < 4.78 is 11.3. The highest BCUT2D eigenvalue weighted by Gasteiger charge is 2.27. The van der Waals surface area contributed by atoms with Crippen molar-refractivity contribution in [3.63, 3.8) is 0 Å². The van der Waals surface area contributed by atoms with Gasteiger partial charge in [-0.25, -0.2) is 0 Å². The fourth-order valence-corrected chi connectivity index (χ4v) is 2.75. The quantitative estimate of drug-likeness (QED) is 0.926. The molecule has 1 aromatic carbocycles. The minimum Gasteiger partial charge on any atom is -0.479 e. The smallest absolute Gasteiger partial charge is 0.267 e. The number of piperazine rings is 1. The summed E-state index contributed by atoms with van der Waals surface area (Å²) in [6, 6.07) is 5.78. The number of aromatic nitrogens is 2. The van der Waals surface area contributed by atoms with Crippen molar-refractivity contribution in [1.29, 1.82) is 0 Å². The summed E-state index contributed by atoms with van der Waals surface area (Å²) >= 11 is 6.17. The second-order valence-electron chi connectivity index (χ2n) is 5.89. The fourth-order valence-electron chi connectivity index (χ4n) is 2.58. The highest BCUT2D eigenvalue weighted by molar-refractivity contribution is 6.32. The molecule has 2 unspecified atom stereocenters. The predicted molar refractivity (Wildman–Crippen MR) is 87.8 cm³/mol. The summed E-state index contributed by atoms with van der Waals surface area (Å²) in [7, 11) is 2.06. The third-order valence-electron chi connectivity index (χ3n) is 4.00. The van der Waals surface area contributed by atoms with Crippen LogP contribution in [-0.2, 0) is 0 Å². The first-order valence-electron chi connectivity index (χ1n) is 7.72. The molecule has 1 aliphatic rings. The number of hydrogen-bond acceptors (Lipinski definition) is 6. The lowest BCUT2D eigenvalue weighted by molar-refractivity contribution is 0.173. The largest absolute Gasteiger partial charge is 0.479 e. The zero-order valence-electron chi connectivity index (χ0n) is 13.5. The fraction of sp³-hybridized carbons (Fsp3) is 0.500. The van der Waals surface area contributed by atoms with Crippen LogP contribution in [0.2, 0.25) is 5.02 Å². The van der Waals surface area contributed by atoms with Crippen LogP contribution in [0.25, 0.3) is 0 Å². The van der Waals surface area contributed by atoms with E-state index >= 15 is 0 Å². The molecule has 1 fully saturated rings. The third-order valence-corrected chi connectivity index (χ3v) is 4.32. The molecular formula is C16H21ClN4O2. The Morgan fingerprint density at radius 2 is 2.30 bits per heavy atom. The summed E-state index contributed by atoms with van der Waals surface area (Å²) in [5.41, 5.74) is 1.08. The van der Waals surface area contributed by atoms with Gasteiger partial charge in [-0.05, 0) is 38.6 Å². The van der Waals surface area contributed by atoms with E-state index in [1.807, 2.05) is 32.0 Å². The van der Waals surface area contributed by atoms with E-state index in [1.54, 1.807) is 0 Å². The zero-order valence-corrected chi connectivity index (χ0v) is 14.3. The minimum absolute atomic E-state index is 0.121. The molecule has 0 spiro atoms. The SMILES string of the molecule is Cc1ccc(Cl)c(OC(C)c2nc(C3CNCCN3C)no2)c1. The van der Waals surface area contributed by atoms with Gasteiger partial charge in [0.25, 0.3) is 5.89 Å². The van der Waals surface area contributed by atoms with Gasteiger partial charge in [0, 0.05) is 19.6 Å². The van der Waals surface area contributed by atoms with Crippen LogP contribution in [-0.4, -0.2) is 41.7 Å². The van der Waals surface area contributed by atoms with Crippen molar-refractivity contribution in [2.24, 2.45) is 0 Å². The topological polar surface area (TPSA) is 63.4 Å². The van der Waals surface area contributed by atoms with Crippen LogP contribution in [0.1, 0.15) is 36.3 Å². The van der Waals surface area contributed by atoms with Crippen molar-refractivity contribution in [1.82, 2.24) is 20.4 Å². The summed E-state index contributed by atoms with van der Waals surface area (Å²) in [5.74, 6) is 1.76. The van der Waals surface area contributed by atoms with Crippen molar-refractivity contribution < 1.29 is 9.26 Å². The molecule has 7 heteroatoms. The molecule has 0 amide bonds. The van der Waals surface area contributed by atoms with E-state index in [9.17, 15) is 0 Å². The number of nitrogens with one attached hydrogen (secondary N) is 1. The Balaban J connectivity index is 1.73. The molecular weight excluding hydrogens is 316 g/mol. The Hall–Kier alpha value is -1.63. The highest BCUT2D eigenvalue weighted by atomic mass is 35.5. The first kappa shape index (κ1) is 16.2. The molecule has 0 saturated carbocycles. The van der Waals surface area contributed by atoms with Gasteiger partial charge >= 0.3 is 0 Å². The average molecular weight is 337 g/mol. The lowest BCUT2D eigenvalue weighted by atomic mass is 10.2. The molecule has 2 aromatic rings. The number of halogens is 1. The molecule has 1 saturated heterocycles. The van der Waals surface area contributed by atoms with Gasteiger partial charge in [0.1, 0.15) is 5.75 Å². The highest BCUT2D eigenvalue weighted by Crippen LogP contribution is 2.30. The van der Waals surface area contributed by atoms with Gasteiger partial charge in [-0.3, -0.25) is 4.90 Å². The Bertz CT molecular complexity index is 676. The van der Waals surface area contributed by atoms with Crippen LogP contribution in [0.15, 0.2) is 22.7 Å². The molecule has 23 heavy (non-hydrogen) atoms. The van der Waals surface area contributed by atoms with Crippen molar-refractivity contribution >= 4 is 11.6 Å². The van der Waals surface area contributed by atoms with Crippen molar-refractivity contribution in [2.45, 2.75) is 26.0 Å². The molecule has 0 bridgehead atoms. The monoisotopic (exact) mass is 336 g/mol. The number of nitrogens with zero attached hydrogens (tertiary/aromatic N) is 3. The van der Waals surface area contributed by atoms with Gasteiger partial charge in [0.15, 0.2) is 11.9 Å². The molecule has 0 radical (unpaired) electrons. The minimum atomic E-state index is -0.364. The molecule has 124 valence electrons. The van der Waals surface area contributed by atoms with Crippen molar-refractivity contribution in [2.75, 3.05) is 26.7 Å². The van der Waals surface area contributed by atoms with E-state index in [0.29, 0.717) is 22.5 Å². The van der Waals surface area contributed by atoms with Gasteiger partial charge in [-0.15, -0.1) is 0 Å². The number of benzene rings is 1. The van der Waals surface area contributed by atoms with Crippen LogP contribution in [0, 0.1) is 6.92 Å². The number of rotatable bonds is 4. The lowest BCUT2D eigenvalue weighted by Crippen LogP contribution is -2.44. The Morgan fingerprint density at radius 3 is 3.09 bits per heavy atom. The van der Waals surface area contributed by atoms with Gasteiger partial charge < -0.3 is 14.6 Å². The van der Waals surface area contributed by atoms with E-state index in [4.69, 9.17) is 20.9 Å². The van der Waals surface area contributed by atoms with Gasteiger partial charge in [-0.2, -0.15) is 4.98 Å². The molecule has 3 rings (SSSR count). The number of ether oxygens (including phenoxy) is 1. The molecule has 6 nitrogen and oxygen atoms in total. The second kappa shape index (κ2) is 6.86. The van der Waals surface area contributed by atoms with Crippen LogP contribution in [0.4, 0.5) is 0 Å². The van der Waals surface area contributed by atoms with E-state index < -0.39 is 0 Å². The van der Waals surface area contributed by atoms with Gasteiger partial charge in [0.05, 0.1) is 11.1 Å².